The fourth-order valence-electron chi connectivity index (χ4n) is 6.36. The number of aliphatic hydroxyl groups excluding tert-OH is 1. The Labute approximate surface area is 507 Å². The quantitative estimate of drug-likeness (QED) is 0.0744. The van der Waals surface area contributed by atoms with Crippen LogP contribution in [0.4, 0.5) is 0 Å². The van der Waals surface area contributed by atoms with Crippen molar-refractivity contribution in [2.75, 3.05) is 50.6 Å². The number of hydrogen-bond donors (Lipinski definition) is 2. The number of para-hydroxylation sites is 8. The van der Waals surface area contributed by atoms with Gasteiger partial charge in [0.25, 0.3) is 11.8 Å². The number of nitrogens with zero attached hydrogens (tertiary/aromatic N) is 1. The monoisotopic (exact) mass is 1540 g/mol. The van der Waals surface area contributed by atoms with E-state index in [4.69, 9.17) is 48.7 Å². The third-order valence-electron chi connectivity index (χ3n) is 9.46. The number of rotatable bonds is 5. The van der Waals surface area contributed by atoms with Crippen molar-refractivity contribution in [1.29, 1.82) is 0 Å². The van der Waals surface area contributed by atoms with Gasteiger partial charge in [-0.25, -0.2) is 0 Å². The van der Waals surface area contributed by atoms with Crippen LogP contribution in [-0.4, -0.2) is 96.8 Å². The second-order valence-electron chi connectivity index (χ2n) is 14.0. The van der Waals surface area contributed by atoms with Gasteiger partial charge in [0.1, 0.15) is 38.6 Å². The molecule has 10 rings (SSSR count). The van der Waals surface area contributed by atoms with E-state index in [9.17, 15) is 9.59 Å². The van der Waals surface area contributed by atoms with E-state index in [0.29, 0.717) is 61.3 Å². The fraction of sp³-hybridized carbons (Fsp3) is 0.431. The molecule has 5 aromatic carbocycles. The molecule has 0 bridgehead atoms. The average molecular weight is 1540 g/mol. The Morgan fingerprint density at radius 1 is 0.487 bits per heavy atom. The number of halogens is 4. The molecule has 0 saturated carbocycles. The van der Waals surface area contributed by atoms with Gasteiger partial charge in [0, 0.05) is 6.54 Å². The first-order chi connectivity index (χ1) is 36.6. The Morgan fingerprint density at radius 2 is 0.737 bits per heavy atom. The van der Waals surface area contributed by atoms with E-state index in [1.165, 1.54) is 9.33 Å². The summed E-state index contributed by atoms with van der Waals surface area (Å²) in [4.78, 5) is 25.6. The molecule has 0 saturated heterocycles. The number of carbonyl (C=O) groups is 2. The Kier molecular flexibility index (Phi) is 46.4. The first-order valence-electron chi connectivity index (χ1n) is 25.7. The molecule has 76 heavy (non-hydrogen) atoms. The number of hydrogen-bond acceptors (Lipinski definition) is 12. The summed E-state index contributed by atoms with van der Waals surface area (Å²) < 4.78 is 45.5. The van der Waals surface area contributed by atoms with Crippen LogP contribution in [-0.2, 0) is 4.92 Å². The maximum atomic E-state index is 12.3. The minimum absolute atomic E-state index is 0. The summed E-state index contributed by atoms with van der Waals surface area (Å²) in [6, 6.07) is 37.1. The number of alkyl halides is 1. The molecule has 5 heterocycles. The molecular formula is C58H84I4N2O11V-. The summed E-state index contributed by atoms with van der Waals surface area (Å²) in [5.74, 6) is 5.56. The predicted octanol–water partition coefficient (Wildman–Crippen LogP) is 15.6. The number of imide groups is 1. The molecule has 2 amide bonds. The minimum atomic E-state index is -0.364. The van der Waals surface area contributed by atoms with Crippen LogP contribution in [0.1, 0.15) is 110 Å². The first kappa shape index (κ1) is 75.1. The Morgan fingerprint density at radius 3 is 1.05 bits per heavy atom. The van der Waals surface area contributed by atoms with E-state index in [-0.39, 0.29) is 61.7 Å². The van der Waals surface area contributed by atoms with Crippen LogP contribution in [0, 0.1) is 7.43 Å². The van der Waals surface area contributed by atoms with E-state index in [1.807, 2.05) is 166 Å². The van der Waals surface area contributed by atoms with Crippen molar-refractivity contribution in [2.24, 2.45) is 5.73 Å². The molecule has 3 N–H and O–H groups in total. The molecule has 0 aromatic heterocycles. The van der Waals surface area contributed by atoms with Gasteiger partial charge in [-0.3, -0.25) is 14.5 Å². The summed E-state index contributed by atoms with van der Waals surface area (Å²) in [7, 11) is 0. The van der Waals surface area contributed by atoms with Crippen LogP contribution in [0.5, 0.6) is 46.0 Å². The number of fused-ring (bicyclic) bond motifs is 5. The van der Waals surface area contributed by atoms with Crippen molar-refractivity contribution in [3.63, 3.8) is 0 Å². The number of benzene rings is 5. The number of nitrogens with two attached hydrogens (primary N) is 1. The van der Waals surface area contributed by atoms with Crippen molar-refractivity contribution < 1.29 is 57.5 Å². The van der Waals surface area contributed by atoms with Gasteiger partial charge in [0.2, 0.25) is 0 Å². The van der Waals surface area contributed by atoms with Gasteiger partial charge < -0.3 is 56.2 Å². The molecule has 4 unspecified atom stereocenters. The summed E-state index contributed by atoms with van der Waals surface area (Å²) in [5.41, 5.74) is 6.35. The molecule has 4 atom stereocenters. The van der Waals surface area contributed by atoms with Crippen molar-refractivity contribution in [1.82, 2.24) is 4.90 Å². The maximum absolute atomic E-state index is 12.3. The standard InChI is InChI=1S/C17H13NO4.C10H12O2.C9H11NO2.C9H10O3.C2H5I.5C2H6.CH3.3HI.V/c19-16-12-5-1-2-6-13(12)17(20)18(16)9-11-10-21-14-7-3-4-8-15(14)22-11;1-2-8-7-11-9-5-3-4-6-10(9)12-8;2*10-5-7-6-11-8-3-1-2-4-9(8)12-7;1-2-3;5*1-2;;;;;/h1-8,11H,9-10H2;3-6,8H,2,7H2,1H3;1-4,7H,5-6,10H2;1-4,7,10H,5-6H2;2H2,1H3;5*1-2H3;1H3;3*1H;/q;;;;;;;;;;-1;;;;+3/p-3. The molecule has 5 aliphatic heterocycles. The number of ether oxygens (including phenoxy) is 8. The van der Waals surface area contributed by atoms with E-state index < -0.39 is 0 Å². The predicted molar refractivity (Wildman–Crippen MR) is 343 cm³/mol. The summed E-state index contributed by atoms with van der Waals surface area (Å²) in [5, 5.41) is 8.81. The zero-order valence-corrected chi connectivity index (χ0v) is 56.8. The summed E-state index contributed by atoms with van der Waals surface area (Å²) >= 11 is 9.68. The van der Waals surface area contributed by atoms with Crippen molar-refractivity contribution in [3.05, 3.63) is 140 Å². The number of amides is 2. The molecule has 5 aliphatic rings. The molecular weight excluding hydrogens is 1460 g/mol. The zero-order chi connectivity index (χ0) is 56.6. The van der Waals surface area contributed by atoms with Crippen LogP contribution < -0.4 is 43.6 Å². The van der Waals surface area contributed by atoms with Crippen LogP contribution in [0.25, 0.3) is 0 Å². The van der Waals surface area contributed by atoms with Gasteiger partial charge in [-0.1, -0.05) is 166 Å². The molecule has 5 aromatic rings. The van der Waals surface area contributed by atoms with Crippen molar-refractivity contribution in [3.8, 4) is 46.0 Å². The Hall–Kier alpha value is -2.94. The van der Waals surface area contributed by atoms with Crippen LogP contribution in [0.15, 0.2) is 121 Å². The topological polar surface area (TPSA) is 157 Å². The molecule has 0 fully saturated rings. The Bertz CT molecular complexity index is 2090. The van der Waals surface area contributed by atoms with Crippen LogP contribution in [0.2, 0.25) is 0 Å². The molecule has 0 radical (unpaired) electrons. The SMILES string of the molecule is CC.CC.CC.CC.CC.CCC1COc2ccccc2O1.CCI.NCC1COc2ccccc2O1.O=C1c2ccccc2C(=O)N1CC1COc2ccccc2O1.OCC1COc2ccccc2O1.[CH3-].[I][V]([I])[I]. The fourth-order valence-corrected chi connectivity index (χ4v) is 6.36. The van der Waals surface area contributed by atoms with Gasteiger partial charge in [-0.05, 0) is 71.5 Å². The molecule has 426 valence electrons. The normalized spacial score (nSPS) is 16.4. The zero-order valence-electron chi connectivity index (χ0n) is 46.7. The number of aliphatic hydroxyl groups is 1. The number of carbonyl (C=O) groups excluding carboxylic acids is 2. The third-order valence-corrected chi connectivity index (χ3v) is 9.46. The van der Waals surface area contributed by atoms with Gasteiger partial charge in [-0.2, -0.15) is 0 Å². The van der Waals surface area contributed by atoms with E-state index in [1.54, 1.807) is 24.3 Å². The molecule has 0 aliphatic carbocycles. The van der Waals surface area contributed by atoms with Gasteiger partial charge in [0.15, 0.2) is 58.2 Å². The van der Waals surface area contributed by atoms with Gasteiger partial charge in [0.05, 0.1) is 24.3 Å². The van der Waals surface area contributed by atoms with Gasteiger partial charge in [-0.15, -0.1) is 0 Å². The van der Waals surface area contributed by atoms with Crippen LogP contribution >= 0.6 is 82.5 Å². The van der Waals surface area contributed by atoms with Crippen molar-refractivity contribution in [2.45, 2.75) is 114 Å². The van der Waals surface area contributed by atoms with E-state index in [0.717, 1.165) is 35.2 Å². The van der Waals surface area contributed by atoms with E-state index >= 15 is 0 Å². The second kappa shape index (κ2) is 46.9. The molecule has 0 spiro atoms. The second-order valence-corrected chi connectivity index (χ2v) is 50.9. The third kappa shape index (κ3) is 26.8. The van der Waals surface area contributed by atoms with E-state index in [2.05, 4.69) is 96.4 Å². The summed E-state index contributed by atoms with van der Waals surface area (Å²) in [6.45, 7) is 26.8. The molecule has 13 nitrogen and oxygen atoms in total. The Balaban J connectivity index is 0. The first-order valence-corrected chi connectivity index (χ1v) is 40.8. The van der Waals surface area contributed by atoms with Crippen LogP contribution in [0.3, 0.4) is 0 Å². The molecule has 18 heteroatoms. The van der Waals surface area contributed by atoms with Crippen molar-refractivity contribution >= 4 is 94.3 Å². The average Bonchev–Trinajstić information content (AvgIpc) is 3.72. The van der Waals surface area contributed by atoms with Gasteiger partial charge >= 0.3 is 64.9 Å². The summed E-state index contributed by atoms with van der Waals surface area (Å²) in [6.07, 6.45) is 0.630.